The van der Waals surface area contributed by atoms with Crippen LogP contribution in [-0.2, 0) is 9.59 Å². The van der Waals surface area contributed by atoms with Crippen molar-refractivity contribution in [1.82, 2.24) is 4.90 Å². The topological polar surface area (TPSA) is 57.6 Å². The first-order valence-corrected chi connectivity index (χ1v) is 6.52. The molecule has 0 radical (unpaired) electrons. The Morgan fingerprint density at radius 3 is 2.47 bits per heavy atom. The van der Waals surface area contributed by atoms with Gasteiger partial charge < -0.3 is 10.0 Å². The molecule has 0 heterocycles. The van der Waals surface area contributed by atoms with Gasteiger partial charge in [0.25, 0.3) is 0 Å². The van der Waals surface area contributed by atoms with E-state index >= 15 is 0 Å². The van der Waals surface area contributed by atoms with Crippen molar-refractivity contribution in [3.05, 3.63) is 0 Å². The van der Waals surface area contributed by atoms with E-state index in [1.54, 1.807) is 4.90 Å². The van der Waals surface area contributed by atoms with E-state index in [1.165, 1.54) is 6.92 Å². The number of carboxylic acid groups (broad SMARTS) is 1. The van der Waals surface area contributed by atoms with Crippen LogP contribution >= 0.6 is 0 Å². The number of rotatable bonds is 5. The molecule has 0 bridgehead atoms. The van der Waals surface area contributed by atoms with Gasteiger partial charge >= 0.3 is 5.97 Å². The second-order valence-electron chi connectivity index (χ2n) is 4.90. The number of carboxylic acids is 1. The van der Waals surface area contributed by atoms with Crippen LogP contribution in [0.15, 0.2) is 0 Å². The van der Waals surface area contributed by atoms with E-state index in [9.17, 15) is 14.7 Å². The van der Waals surface area contributed by atoms with Gasteiger partial charge in [0, 0.05) is 13.5 Å². The molecule has 2 atom stereocenters. The average molecular weight is 241 g/mol. The van der Waals surface area contributed by atoms with Crippen molar-refractivity contribution in [2.24, 2.45) is 5.92 Å². The molecule has 0 aromatic carbocycles. The van der Waals surface area contributed by atoms with Gasteiger partial charge in [0.15, 0.2) is 0 Å². The number of amides is 1. The third-order valence-electron chi connectivity index (χ3n) is 3.96. The summed E-state index contributed by atoms with van der Waals surface area (Å²) in [6.45, 7) is 6.00. The largest absolute Gasteiger partial charge is 0.479 e. The normalized spacial score (nSPS) is 28.1. The minimum Gasteiger partial charge on any atom is -0.479 e. The molecule has 4 nitrogen and oxygen atoms in total. The highest BCUT2D eigenvalue weighted by atomic mass is 16.4. The minimum absolute atomic E-state index is 0.0930. The highest BCUT2D eigenvalue weighted by Crippen LogP contribution is 2.42. The monoisotopic (exact) mass is 241 g/mol. The lowest BCUT2D eigenvalue weighted by atomic mass is 9.83. The Balaban J connectivity index is 3.12. The number of carbonyl (C=O) groups is 2. The van der Waals surface area contributed by atoms with Crippen LogP contribution in [0, 0.1) is 5.92 Å². The summed E-state index contributed by atoms with van der Waals surface area (Å²) in [5.41, 5.74) is -0.948. The quantitative estimate of drug-likeness (QED) is 0.803. The molecule has 0 aromatic rings. The van der Waals surface area contributed by atoms with E-state index in [-0.39, 0.29) is 11.8 Å². The van der Waals surface area contributed by atoms with Crippen LogP contribution in [0.5, 0.6) is 0 Å². The summed E-state index contributed by atoms with van der Waals surface area (Å²) < 4.78 is 0. The summed E-state index contributed by atoms with van der Waals surface area (Å²) in [5, 5.41) is 9.62. The number of aliphatic carboxylic acids is 1. The van der Waals surface area contributed by atoms with Crippen LogP contribution < -0.4 is 0 Å². The molecule has 4 heteroatoms. The molecule has 0 aliphatic heterocycles. The molecule has 17 heavy (non-hydrogen) atoms. The number of carbonyl (C=O) groups excluding carboxylic acids is 1. The smallest absolute Gasteiger partial charge is 0.329 e. The summed E-state index contributed by atoms with van der Waals surface area (Å²) in [6.07, 6.45) is 4.03. The molecule has 0 spiro atoms. The van der Waals surface area contributed by atoms with Crippen LogP contribution in [0.25, 0.3) is 0 Å². The summed E-state index contributed by atoms with van der Waals surface area (Å²) in [6, 6.07) is 0. The van der Waals surface area contributed by atoms with Gasteiger partial charge in [-0.25, -0.2) is 4.79 Å². The first-order valence-electron chi connectivity index (χ1n) is 6.52. The van der Waals surface area contributed by atoms with Gasteiger partial charge in [-0.05, 0) is 25.2 Å². The van der Waals surface area contributed by atoms with Crippen molar-refractivity contribution in [1.29, 1.82) is 0 Å². The molecule has 0 aromatic heterocycles. The lowest BCUT2D eigenvalue weighted by Gasteiger charge is -2.41. The molecule has 1 fully saturated rings. The minimum atomic E-state index is -0.948. The molecule has 1 rings (SSSR count). The van der Waals surface area contributed by atoms with E-state index < -0.39 is 11.5 Å². The second kappa shape index (κ2) is 5.52. The van der Waals surface area contributed by atoms with Gasteiger partial charge in [0.1, 0.15) is 5.54 Å². The third-order valence-corrected chi connectivity index (χ3v) is 3.96. The molecule has 1 saturated carbocycles. The van der Waals surface area contributed by atoms with E-state index in [0.29, 0.717) is 13.0 Å². The Labute approximate surface area is 103 Å². The van der Waals surface area contributed by atoms with E-state index in [2.05, 4.69) is 0 Å². The van der Waals surface area contributed by atoms with Crippen LogP contribution in [0.3, 0.4) is 0 Å². The Hall–Kier alpha value is -1.06. The first-order chi connectivity index (χ1) is 8.00. The maximum absolute atomic E-state index is 11.8. The zero-order chi connectivity index (χ0) is 13.1. The van der Waals surface area contributed by atoms with Crippen molar-refractivity contribution < 1.29 is 14.7 Å². The number of hydrogen-bond acceptors (Lipinski definition) is 2. The first kappa shape index (κ1) is 14.0. The van der Waals surface area contributed by atoms with Gasteiger partial charge in [-0.1, -0.05) is 26.7 Å². The van der Waals surface area contributed by atoms with Crippen molar-refractivity contribution >= 4 is 11.9 Å². The summed E-state index contributed by atoms with van der Waals surface area (Å²) >= 11 is 0. The maximum atomic E-state index is 11.8. The SMILES string of the molecule is CCCN(C(C)=O)C1(C(=O)O)CCCC1CC. The zero-order valence-electron chi connectivity index (χ0n) is 11.0. The van der Waals surface area contributed by atoms with E-state index in [0.717, 1.165) is 25.7 Å². The standard InChI is InChI=1S/C13H23NO3/c1-4-9-14(10(3)15)13(12(16)17)8-6-7-11(13)5-2/h11H,4-9H2,1-3H3,(H,16,17). The number of hydrogen-bond donors (Lipinski definition) is 1. The van der Waals surface area contributed by atoms with Crippen molar-refractivity contribution in [2.75, 3.05) is 6.54 Å². The summed E-state index contributed by atoms with van der Waals surface area (Å²) in [7, 11) is 0. The number of nitrogens with zero attached hydrogens (tertiary/aromatic N) is 1. The molecule has 1 amide bonds. The lowest BCUT2D eigenvalue weighted by Crippen LogP contribution is -2.59. The zero-order valence-corrected chi connectivity index (χ0v) is 11.0. The molecule has 1 aliphatic carbocycles. The highest BCUT2D eigenvalue weighted by molar-refractivity contribution is 5.86. The predicted octanol–water partition coefficient (Wildman–Crippen LogP) is 2.28. The second-order valence-corrected chi connectivity index (χ2v) is 4.90. The third kappa shape index (κ3) is 2.31. The Morgan fingerprint density at radius 2 is 2.06 bits per heavy atom. The van der Waals surface area contributed by atoms with Crippen molar-refractivity contribution in [3.63, 3.8) is 0 Å². The maximum Gasteiger partial charge on any atom is 0.329 e. The van der Waals surface area contributed by atoms with Crippen LogP contribution in [0.2, 0.25) is 0 Å². The summed E-state index contributed by atoms with van der Waals surface area (Å²) in [5.74, 6) is -0.851. The Morgan fingerprint density at radius 1 is 1.41 bits per heavy atom. The van der Waals surface area contributed by atoms with Crippen LogP contribution in [-0.4, -0.2) is 34.0 Å². The fourth-order valence-corrected chi connectivity index (χ4v) is 3.22. The van der Waals surface area contributed by atoms with Crippen LogP contribution in [0.4, 0.5) is 0 Å². The Kier molecular flexibility index (Phi) is 4.54. The Bertz CT molecular complexity index is 303. The molecular weight excluding hydrogens is 218 g/mol. The molecule has 1 aliphatic rings. The molecule has 2 unspecified atom stereocenters. The predicted molar refractivity (Wildman–Crippen MR) is 65.7 cm³/mol. The lowest BCUT2D eigenvalue weighted by molar-refractivity contribution is -0.162. The fourth-order valence-electron chi connectivity index (χ4n) is 3.22. The molecule has 98 valence electrons. The summed E-state index contributed by atoms with van der Waals surface area (Å²) in [4.78, 5) is 25.1. The van der Waals surface area contributed by atoms with Crippen molar-refractivity contribution in [3.8, 4) is 0 Å². The highest BCUT2D eigenvalue weighted by Gasteiger charge is 2.53. The van der Waals surface area contributed by atoms with Gasteiger partial charge in [-0.2, -0.15) is 0 Å². The van der Waals surface area contributed by atoms with E-state index in [4.69, 9.17) is 0 Å². The fraction of sp³-hybridized carbons (Fsp3) is 0.846. The average Bonchev–Trinajstić information content (AvgIpc) is 2.69. The molecular formula is C13H23NO3. The molecule has 1 N–H and O–H groups in total. The van der Waals surface area contributed by atoms with Crippen LogP contribution in [0.1, 0.15) is 52.9 Å². The van der Waals surface area contributed by atoms with Gasteiger partial charge in [0.2, 0.25) is 5.91 Å². The van der Waals surface area contributed by atoms with Gasteiger partial charge in [-0.15, -0.1) is 0 Å². The van der Waals surface area contributed by atoms with Gasteiger partial charge in [-0.3, -0.25) is 4.79 Å². The van der Waals surface area contributed by atoms with Crippen molar-refractivity contribution in [2.45, 2.75) is 58.4 Å². The molecule has 0 saturated heterocycles. The van der Waals surface area contributed by atoms with Gasteiger partial charge in [0.05, 0.1) is 0 Å². The van der Waals surface area contributed by atoms with E-state index in [1.807, 2.05) is 13.8 Å².